The number of alkyl halides is 1. The molecule has 0 bridgehead atoms. The minimum absolute atomic E-state index is 0.571. The lowest BCUT2D eigenvalue weighted by atomic mass is 9.73. The van der Waals surface area contributed by atoms with Gasteiger partial charge in [-0.15, -0.1) is 0 Å². The molecule has 0 aliphatic heterocycles. The first-order chi connectivity index (χ1) is 9.23. The van der Waals surface area contributed by atoms with Crippen LogP contribution in [0.4, 0.5) is 0 Å². The van der Waals surface area contributed by atoms with Crippen LogP contribution in [0.25, 0.3) is 0 Å². The lowest BCUT2D eigenvalue weighted by Gasteiger charge is -2.27. The van der Waals surface area contributed by atoms with Gasteiger partial charge in [0.25, 0.3) is 0 Å². The molecule has 2 aromatic carbocycles. The van der Waals surface area contributed by atoms with Gasteiger partial charge in [-0.25, -0.2) is 0 Å². The van der Waals surface area contributed by atoms with Crippen LogP contribution >= 0.6 is 15.9 Å². The van der Waals surface area contributed by atoms with Gasteiger partial charge in [0.05, 0.1) is 6.07 Å². The van der Waals surface area contributed by atoms with E-state index in [1.807, 2.05) is 30.3 Å². The van der Waals surface area contributed by atoms with Crippen molar-refractivity contribution in [1.82, 2.24) is 0 Å². The molecule has 96 valence electrons. The molecule has 0 aliphatic carbocycles. The Labute approximate surface area is 123 Å². The Hall–Kier alpha value is -1.59. The van der Waals surface area contributed by atoms with Crippen molar-refractivity contribution in [3.05, 3.63) is 71.3 Å². The predicted molar refractivity (Wildman–Crippen MR) is 82.4 cm³/mol. The second-order valence-corrected chi connectivity index (χ2v) is 5.48. The van der Waals surface area contributed by atoms with Crippen LogP contribution in [0.3, 0.4) is 0 Å². The van der Waals surface area contributed by atoms with E-state index >= 15 is 0 Å². The smallest absolute Gasteiger partial charge is 0.108 e. The molecular weight excluding hydrogens is 298 g/mol. The summed E-state index contributed by atoms with van der Waals surface area (Å²) >= 11 is 3.48. The number of nitrogens with zero attached hydrogens (tertiary/aromatic N) is 1. The number of aryl methyl sites for hydroxylation is 1. The van der Waals surface area contributed by atoms with E-state index in [4.69, 9.17) is 0 Å². The van der Waals surface area contributed by atoms with Crippen LogP contribution in [-0.4, -0.2) is 5.33 Å². The van der Waals surface area contributed by atoms with Crippen LogP contribution in [0.5, 0.6) is 0 Å². The summed E-state index contributed by atoms with van der Waals surface area (Å²) in [5.74, 6) is 0. The maximum absolute atomic E-state index is 9.81. The van der Waals surface area contributed by atoms with Crippen LogP contribution in [0.15, 0.2) is 54.6 Å². The van der Waals surface area contributed by atoms with E-state index in [-0.39, 0.29) is 0 Å². The van der Waals surface area contributed by atoms with Gasteiger partial charge in [-0.1, -0.05) is 76.1 Å². The first kappa shape index (κ1) is 13.8. The van der Waals surface area contributed by atoms with Crippen LogP contribution in [0.1, 0.15) is 23.1 Å². The molecule has 0 aliphatic rings. The summed E-state index contributed by atoms with van der Waals surface area (Å²) in [6.07, 6.45) is 0.760. The highest BCUT2D eigenvalue weighted by Crippen LogP contribution is 2.35. The predicted octanol–water partition coefficient (Wildman–Crippen LogP) is 4.59. The molecule has 1 unspecified atom stereocenters. The normalized spacial score (nSPS) is 13.5. The van der Waals surface area contributed by atoms with E-state index in [2.05, 4.69) is 53.2 Å². The average molecular weight is 314 g/mol. The number of hydrogen-bond acceptors (Lipinski definition) is 1. The summed E-state index contributed by atoms with van der Waals surface area (Å²) in [4.78, 5) is 0. The quantitative estimate of drug-likeness (QED) is 0.757. The van der Waals surface area contributed by atoms with E-state index in [0.29, 0.717) is 0 Å². The fourth-order valence-electron chi connectivity index (χ4n) is 2.34. The average Bonchev–Trinajstić information content (AvgIpc) is 2.47. The first-order valence-electron chi connectivity index (χ1n) is 6.33. The number of halogens is 1. The van der Waals surface area contributed by atoms with E-state index in [9.17, 15) is 5.26 Å². The fourth-order valence-corrected chi connectivity index (χ4v) is 2.94. The second-order valence-electron chi connectivity index (χ2n) is 4.69. The molecule has 0 radical (unpaired) electrons. The number of nitriles is 1. The zero-order valence-electron chi connectivity index (χ0n) is 10.9. The van der Waals surface area contributed by atoms with Crippen molar-refractivity contribution in [3.8, 4) is 6.07 Å². The van der Waals surface area contributed by atoms with Crippen LogP contribution in [0, 0.1) is 18.3 Å². The van der Waals surface area contributed by atoms with Crippen molar-refractivity contribution < 1.29 is 0 Å². The van der Waals surface area contributed by atoms with E-state index in [1.165, 1.54) is 5.56 Å². The lowest BCUT2D eigenvalue weighted by molar-refractivity contribution is 0.640. The van der Waals surface area contributed by atoms with Gasteiger partial charge < -0.3 is 0 Å². The molecule has 2 heteroatoms. The molecule has 1 nitrogen and oxygen atoms in total. The Morgan fingerprint density at radius 1 is 1.00 bits per heavy atom. The topological polar surface area (TPSA) is 23.8 Å². The number of hydrogen-bond donors (Lipinski definition) is 0. The van der Waals surface area contributed by atoms with E-state index < -0.39 is 5.41 Å². The first-order valence-corrected chi connectivity index (χ1v) is 7.45. The lowest BCUT2D eigenvalue weighted by Crippen LogP contribution is -2.26. The molecule has 0 heterocycles. The SMILES string of the molecule is Cc1ccc(C(C#N)(CCBr)c2ccccc2)cc1. The van der Waals surface area contributed by atoms with Gasteiger partial charge in [0.2, 0.25) is 0 Å². The summed E-state index contributed by atoms with van der Waals surface area (Å²) in [6, 6.07) is 20.8. The highest BCUT2D eigenvalue weighted by atomic mass is 79.9. The Morgan fingerprint density at radius 2 is 1.58 bits per heavy atom. The van der Waals surface area contributed by atoms with E-state index in [1.54, 1.807) is 0 Å². The van der Waals surface area contributed by atoms with Gasteiger partial charge in [0.1, 0.15) is 5.41 Å². The van der Waals surface area contributed by atoms with Crippen molar-refractivity contribution in [1.29, 1.82) is 5.26 Å². The molecular formula is C17H16BrN. The molecule has 0 spiro atoms. The Balaban J connectivity index is 2.58. The van der Waals surface area contributed by atoms with Gasteiger partial charge in [-0.3, -0.25) is 0 Å². The Morgan fingerprint density at radius 3 is 2.11 bits per heavy atom. The monoisotopic (exact) mass is 313 g/mol. The van der Waals surface area contributed by atoms with Crippen LogP contribution < -0.4 is 0 Å². The highest BCUT2D eigenvalue weighted by Gasteiger charge is 2.33. The Kier molecular flexibility index (Phi) is 4.39. The number of benzene rings is 2. The molecule has 2 aromatic rings. The summed E-state index contributed by atoms with van der Waals surface area (Å²) in [6.45, 7) is 2.06. The highest BCUT2D eigenvalue weighted by molar-refractivity contribution is 9.09. The number of rotatable bonds is 4. The summed E-state index contributed by atoms with van der Waals surface area (Å²) in [7, 11) is 0. The summed E-state index contributed by atoms with van der Waals surface area (Å²) in [5.41, 5.74) is 2.76. The van der Waals surface area contributed by atoms with Gasteiger partial charge in [-0.05, 0) is 24.5 Å². The minimum Gasteiger partial charge on any atom is -0.197 e. The van der Waals surface area contributed by atoms with Crippen molar-refractivity contribution in [2.24, 2.45) is 0 Å². The van der Waals surface area contributed by atoms with Gasteiger partial charge in [0.15, 0.2) is 0 Å². The molecule has 19 heavy (non-hydrogen) atoms. The zero-order chi connectivity index (χ0) is 13.7. The van der Waals surface area contributed by atoms with Gasteiger partial charge in [0, 0.05) is 5.33 Å². The third-order valence-corrected chi connectivity index (χ3v) is 3.87. The molecule has 2 rings (SSSR count). The molecule has 0 saturated carbocycles. The Bertz CT molecular complexity index is 568. The fraction of sp³-hybridized carbons (Fsp3) is 0.235. The maximum Gasteiger partial charge on any atom is 0.108 e. The van der Waals surface area contributed by atoms with Crippen molar-refractivity contribution >= 4 is 15.9 Å². The van der Waals surface area contributed by atoms with Crippen molar-refractivity contribution in [3.63, 3.8) is 0 Å². The third-order valence-electron chi connectivity index (χ3n) is 3.47. The second kappa shape index (κ2) is 6.04. The van der Waals surface area contributed by atoms with Crippen LogP contribution in [-0.2, 0) is 5.41 Å². The van der Waals surface area contributed by atoms with Gasteiger partial charge >= 0.3 is 0 Å². The largest absolute Gasteiger partial charge is 0.197 e. The standard InChI is InChI=1S/C17H16BrN/c1-14-7-9-16(10-8-14)17(13-19,11-12-18)15-5-3-2-4-6-15/h2-10H,11-12H2,1H3. The minimum atomic E-state index is -0.571. The molecule has 0 aromatic heterocycles. The van der Waals surface area contributed by atoms with Gasteiger partial charge in [-0.2, -0.15) is 5.26 Å². The van der Waals surface area contributed by atoms with Crippen molar-refractivity contribution in [2.45, 2.75) is 18.8 Å². The molecule has 0 N–H and O–H groups in total. The third kappa shape index (κ3) is 2.72. The van der Waals surface area contributed by atoms with Crippen LogP contribution in [0.2, 0.25) is 0 Å². The molecule has 0 fully saturated rings. The van der Waals surface area contributed by atoms with Crippen molar-refractivity contribution in [2.75, 3.05) is 5.33 Å². The maximum atomic E-state index is 9.81. The molecule has 1 atom stereocenters. The molecule has 0 amide bonds. The van der Waals surface area contributed by atoms with E-state index in [0.717, 1.165) is 22.9 Å². The summed E-state index contributed by atoms with van der Waals surface area (Å²) < 4.78 is 0. The summed E-state index contributed by atoms with van der Waals surface area (Å²) in [5, 5.41) is 10.6. The zero-order valence-corrected chi connectivity index (χ0v) is 12.5. The molecule has 0 saturated heterocycles.